The first-order chi connectivity index (χ1) is 16.5. The van der Waals surface area contributed by atoms with E-state index >= 15 is 0 Å². The lowest BCUT2D eigenvalue weighted by Gasteiger charge is -2.38. The van der Waals surface area contributed by atoms with Gasteiger partial charge in [0.05, 0.1) is 18.2 Å². The van der Waals surface area contributed by atoms with Gasteiger partial charge in [-0.05, 0) is 26.0 Å². The van der Waals surface area contributed by atoms with Crippen LogP contribution >= 0.6 is 11.3 Å². The Labute approximate surface area is 201 Å². The van der Waals surface area contributed by atoms with E-state index in [4.69, 9.17) is 4.74 Å². The second-order valence-electron chi connectivity index (χ2n) is 8.36. The van der Waals surface area contributed by atoms with Crippen molar-refractivity contribution >= 4 is 39.0 Å². The third-order valence-electron chi connectivity index (χ3n) is 5.70. The van der Waals surface area contributed by atoms with Gasteiger partial charge in [-0.1, -0.05) is 41.7 Å². The summed E-state index contributed by atoms with van der Waals surface area (Å²) in [5, 5.41) is 16.7. The van der Waals surface area contributed by atoms with Crippen LogP contribution in [0.15, 0.2) is 48.7 Å². The van der Waals surface area contributed by atoms with Crippen LogP contribution in [0.2, 0.25) is 0 Å². The van der Waals surface area contributed by atoms with Crippen LogP contribution in [0.25, 0.3) is 21.5 Å². The molecule has 2 aromatic heterocycles. The third kappa shape index (κ3) is 4.42. The van der Waals surface area contributed by atoms with Gasteiger partial charge < -0.3 is 15.0 Å². The Morgan fingerprint density at radius 2 is 1.88 bits per heavy atom. The van der Waals surface area contributed by atoms with Crippen molar-refractivity contribution in [3.8, 4) is 16.6 Å². The largest absolute Gasteiger partial charge is 0.467 e. The van der Waals surface area contributed by atoms with Crippen LogP contribution in [0.1, 0.15) is 24.2 Å². The molecule has 0 unspecified atom stereocenters. The van der Waals surface area contributed by atoms with Crippen molar-refractivity contribution in [1.82, 2.24) is 25.5 Å². The lowest BCUT2D eigenvalue weighted by molar-refractivity contribution is 0.102. The zero-order valence-electron chi connectivity index (χ0n) is 19.1. The molecule has 2 N–H and O–H groups in total. The molecule has 2 aromatic carbocycles. The average molecular weight is 476 g/mol. The molecule has 0 bridgehead atoms. The molecule has 1 aliphatic heterocycles. The summed E-state index contributed by atoms with van der Waals surface area (Å²) >= 11 is 1.32. The molecule has 9 nitrogen and oxygen atoms in total. The van der Waals surface area contributed by atoms with Gasteiger partial charge in [-0.3, -0.25) is 10.1 Å². The Bertz CT molecular complexity index is 1320. The molecule has 34 heavy (non-hydrogen) atoms. The molecule has 0 radical (unpaired) electrons. The lowest BCUT2D eigenvalue weighted by Crippen LogP contribution is -2.54. The normalized spacial score (nSPS) is 18.1. The monoisotopic (exact) mass is 475 g/mol. The number of hydrogen-bond donors (Lipinski definition) is 2. The molecule has 174 valence electrons. The molecule has 0 spiro atoms. The Hall–Kier alpha value is -3.63. The number of carbonyl (C=O) groups is 1. The van der Waals surface area contributed by atoms with Crippen molar-refractivity contribution in [3.63, 3.8) is 0 Å². The highest BCUT2D eigenvalue weighted by atomic mass is 32.1. The quantitative estimate of drug-likeness (QED) is 0.451. The summed E-state index contributed by atoms with van der Waals surface area (Å²) in [5.74, 6) is -0.310. The summed E-state index contributed by atoms with van der Waals surface area (Å²) < 4.78 is 5.25. The van der Waals surface area contributed by atoms with Crippen molar-refractivity contribution in [2.45, 2.75) is 25.9 Å². The minimum atomic E-state index is -0.310. The summed E-state index contributed by atoms with van der Waals surface area (Å²) in [7, 11) is 1.51. The lowest BCUT2D eigenvalue weighted by atomic mass is 10.0. The molecule has 1 fully saturated rings. The summed E-state index contributed by atoms with van der Waals surface area (Å²) in [5.41, 5.74) is 2.91. The first kappa shape index (κ1) is 22.2. The molecule has 5 rings (SSSR count). The number of aromatic nitrogens is 4. The molecule has 0 aliphatic carbocycles. The Morgan fingerprint density at radius 1 is 1.12 bits per heavy atom. The van der Waals surface area contributed by atoms with Gasteiger partial charge in [0.15, 0.2) is 0 Å². The SMILES string of the molecule is COc1ncc2c(N3C[C@@H](C)N[C@H](C)C3)ccc(C(=O)Nc3nnc(-c4ccccc4)s3)c2n1. The highest BCUT2D eigenvalue weighted by Gasteiger charge is 2.25. The number of hydrogen-bond acceptors (Lipinski definition) is 9. The van der Waals surface area contributed by atoms with E-state index < -0.39 is 0 Å². The number of benzene rings is 2. The molecule has 10 heteroatoms. The predicted molar refractivity (Wildman–Crippen MR) is 134 cm³/mol. The van der Waals surface area contributed by atoms with Crippen LogP contribution in [-0.2, 0) is 0 Å². The van der Waals surface area contributed by atoms with E-state index in [0.717, 1.165) is 34.7 Å². The smallest absolute Gasteiger partial charge is 0.316 e. The number of carbonyl (C=O) groups excluding carboxylic acids is 1. The third-order valence-corrected chi connectivity index (χ3v) is 6.58. The minimum absolute atomic E-state index is 0.211. The molecular formula is C24H25N7O2S. The van der Waals surface area contributed by atoms with Gasteiger partial charge in [0.2, 0.25) is 5.13 Å². The minimum Gasteiger partial charge on any atom is -0.467 e. The second kappa shape index (κ2) is 9.32. The first-order valence-electron chi connectivity index (χ1n) is 11.1. The van der Waals surface area contributed by atoms with Crippen molar-refractivity contribution in [3.05, 3.63) is 54.2 Å². The molecule has 4 aromatic rings. The number of anilines is 2. The van der Waals surface area contributed by atoms with Gasteiger partial charge in [-0.15, -0.1) is 10.2 Å². The maximum absolute atomic E-state index is 13.3. The Kier molecular flexibility index (Phi) is 6.08. The molecule has 1 saturated heterocycles. The van der Waals surface area contributed by atoms with Gasteiger partial charge in [0, 0.05) is 48.0 Å². The molecule has 1 aliphatic rings. The van der Waals surface area contributed by atoms with E-state index in [9.17, 15) is 4.79 Å². The van der Waals surface area contributed by atoms with E-state index in [1.54, 1.807) is 12.3 Å². The van der Waals surface area contributed by atoms with Gasteiger partial charge in [-0.25, -0.2) is 4.98 Å². The number of nitrogens with zero attached hydrogens (tertiary/aromatic N) is 5. The number of nitrogens with one attached hydrogen (secondary N) is 2. The zero-order valence-corrected chi connectivity index (χ0v) is 20.0. The van der Waals surface area contributed by atoms with Crippen LogP contribution in [0.4, 0.5) is 10.8 Å². The highest BCUT2D eigenvalue weighted by molar-refractivity contribution is 7.18. The summed E-state index contributed by atoms with van der Waals surface area (Å²) in [6, 6.07) is 14.4. The van der Waals surface area contributed by atoms with Gasteiger partial charge in [0.25, 0.3) is 5.91 Å². The molecular weight excluding hydrogens is 450 g/mol. The molecule has 3 heterocycles. The first-order valence-corrected chi connectivity index (χ1v) is 11.9. The summed E-state index contributed by atoms with van der Waals surface area (Å²) in [4.78, 5) is 24.4. The number of rotatable bonds is 5. The van der Waals surface area contributed by atoms with Crippen LogP contribution in [-0.4, -0.2) is 58.4 Å². The van der Waals surface area contributed by atoms with Crippen molar-refractivity contribution in [2.24, 2.45) is 0 Å². The fourth-order valence-corrected chi connectivity index (χ4v) is 5.05. The van der Waals surface area contributed by atoms with E-state index in [-0.39, 0.29) is 11.9 Å². The van der Waals surface area contributed by atoms with E-state index in [1.165, 1.54) is 18.4 Å². The fraction of sp³-hybridized carbons (Fsp3) is 0.292. The summed E-state index contributed by atoms with van der Waals surface area (Å²) in [6.07, 6.45) is 1.73. The van der Waals surface area contributed by atoms with Crippen LogP contribution in [0.5, 0.6) is 6.01 Å². The maximum Gasteiger partial charge on any atom is 0.316 e. The predicted octanol–water partition coefficient (Wildman–Crippen LogP) is 3.60. The van der Waals surface area contributed by atoms with E-state index in [2.05, 4.69) is 49.5 Å². The topological polar surface area (TPSA) is 105 Å². The maximum atomic E-state index is 13.3. The van der Waals surface area contributed by atoms with Gasteiger partial charge in [-0.2, -0.15) is 4.98 Å². The number of methoxy groups -OCH3 is 1. The van der Waals surface area contributed by atoms with Crippen LogP contribution in [0, 0.1) is 0 Å². The fourth-order valence-electron chi connectivity index (χ4n) is 4.31. The van der Waals surface area contributed by atoms with Crippen LogP contribution in [0.3, 0.4) is 0 Å². The van der Waals surface area contributed by atoms with Gasteiger partial charge in [0.1, 0.15) is 5.01 Å². The number of piperazine rings is 1. The highest BCUT2D eigenvalue weighted by Crippen LogP contribution is 2.32. The Balaban J connectivity index is 1.48. The van der Waals surface area contributed by atoms with E-state index in [1.807, 2.05) is 36.4 Å². The molecule has 2 atom stereocenters. The van der Waals surface area contributed by atoms with E-state index in [0.29, 0.717) is 28.3 Å². The molecule has 0 saturated carbocycles. The average Bonchev–Trinajstić information content (AvgIpc) is 3.31. The number of fused-ring (bicyclic) bond motifs is 1. The Morgan fingerprint density at radius 3 is 2.62 bits per heavy atom. The van der Waals surface area contributed by atoms with Gasteiger partial charge >= 0.3 is 6.01 Å². The number of amides is 1. The van der Waals surface area contributed by atoms with Crippen molar-refractivity contribution in [1.29, 1.82) is 0 Å². The van der Waals surface area contributed by atoms with Crippen molar-refractivity contribution in [2.75, 3.05) is 30.4 Å². The standard InChI is InChI=1S/C24H25N7O2S/c1-14-12-31(13-15(2)26-14)19-10-9-17(20-18(19)11-25-23(27-20)33-3)21(32)28-24-30-29-22(34-24)16-7-5-4-6-8-16/h4-11,14-15,26H,12-13H2,1-3H3,(H,28,30,32)/t14-,15-/m1/s1. The second-order valence-corrected chi connectivity index (χ2v) is 9.34. The number of ether oxygens (including phenoxy) is 1. The molecule has 1 amide bonds. The zero-order chi connectivity index (χ0) is 23.7. The van der Waals surface area contributed by atoms with Crippen LogP contribution < -0.4 is 20.3 Å². The summed E-state index contributed by atoms with van der Waals surface area (Å²) in [6.45, 7) is 6.03. The van der Waals surface area contributed by atoms with Crippen molar-refractivity contribution < 1.29 is 9.53 Å².